The Morgan fingerprint density at radius 3 is 2.23 bits per heavy atom. The SMILES string of the molecule is Cc1cc(=O)cc(C)n1C(C)CO. The molecule has 0 aliphatic heterocycles. The summed E-state index contributed by atoms with van der Waals surface area (Å²) in [6, 6.07) is 3.19. The first-order valence-electron chi connectivity index (χ1n) is 4.37. The summed E-state index contributed by atoms with van der Waals surface area (Å²) in [4.78, 5) is 11.1. The molecule has 0 saturated carbocycles. The third-order valence-corrected chi connectivity index (χ3v) is 2.17. The van der Waals surface area contributed by atoms with Gasteiger partial charge < -0.3 is 9.67 Å². The van der Waals surface area contributed by atoms with Gasteiger partial charge in [0.05, 0.1) is 12.6 Å². The minimum Gasteiger partial charge on any atom is -0.394 e. The third-order valence-electron chi connectivity index (χ3n) is 2.17. The Hall–Kier alpha value is -1.09. The van der Waals surface area contributed by atoms with Crippen molar-refractivity contribution in [2.45, 2.75) is 26.8 Å². The van der Waals surface area contributed by atoms with Gasteiger partial charge in [-0.1, -0.05) is 0 Å². The maximum atomic E-state index is 11.1. The molecule has 1 unspecified atom stereocenters. The Morgan fingerprint density at radius 2 is 1.85 bits per heavy atom. The van der Waals surface area contributed by atoms with Crippen LogP contribution < -0.4 is 5.43 Å². The van der Waals surface area contributed by atoms with Crippen molar-refractivity contribution in [1.82, 2.24) is 4.57 Å². The second-order valence-corrected chi connectivity index (χ2v) is 3.38. The standard InChI is InChI=1S/C10H15NO2/c1-7-4-10(13)5-8(2)11(7)9(3)6-12/h4-5,9,12H,6H2,1-3H3. The number of hydrogen-bond acceptors (Lipinski definition) is 2. The van der Waals surface area contributed by atoms with Crippen molar-refractivity contribution >= 4 is 0 Å². The number of aromatic nitrogens is 1. The average molecular weight is 181 g/mol. The van der Waals surface area contributed by atoms with Crippen LogP contribution in [0.3, 0.4) is 0 Å². The van der Waals surface area contributed by atoms with Crippen LogP contribution in [0, 0.1) is 13.8 Å². The molecule has 13 heavy (non-hydrogen) atoms. The van der Waals surface area contributed by atoms with Gasteiger partial charge in [-0.15, -0.1) is 0 Å². The van der Waals surface area contributed by atoms with E-state index in [0.29, 0.717) is 0 Å². The van der Waals surface area contributed by atoms with Crippen molar-refractivity contribution < 1.29 is 5.11 Å². The van der Waals surface area contributed by atoms with E-state index in [1.165, 1.54) is 0 Å². The fraction of sp³-hybridized carbons (Fsp3) is 0.500. The molecule has 1 heterocycles. The Labute approximate surface area is 77.6 Å². The molecule has 3 nitrogen and oxygen atoms in total. The molecule has 1 aromatic heterocycles. The summed E-state index contributed by atoms with van der Waals surface area (Å²) in [5.41, 5.74) is 1.81. The van der Waals surface area contributed by atoms with Crippen molar-refractivity contribution in [3.8, 4) is 0 Å². The average Bonchev–Trinajstić information content (AvgIpc) is 2.02. The summed E-state index contributed by atoms with van der Waals surface area (Å²) in [5.74, 6) is 0. The van der Waals surface area contributed by atoms with Gasteiger partial charge in [0.15, 0.2) is 5.43 Å². The fourth-order valence-corrected chi connectivity index (χ4v) is 1.65. The molecule has 0 radical (unpaired) electrons. The maximum Gasteiger partial charge on any atom is 0.182 e. The lowest BCUT2D eigenvalue weighted by molar-refractivity contribution is 0.235. The number of rotatable bonds is 2. The molecular formula is C10H15NO2. The summed E-state index contributed by atoms with van der Waals surface area (Å²) in [6.07, 6.45) is 0. The molecule has 0 aliphatic rings. The van der Waals surface area contributed by atoms with Gasteiger partial charge >= 0.3 is 0 Å². The lowest BCUT2D eigenvalue weighted by Crippen LogP contribution is -2.18. The van der Waals surface area contributed by atoms with Gasteiger partial charge in [-0.3, -0.25) is 4.79 Å². The maximum absolute atomic E-state index is 11.1. The second kappa shape index (κ2) is 3.75. The molecule has 1 aromatic rings. The van der Waals surface area contributed by atoms with Gasteiger partial charge in [0.2, 0.25) is 0 Å². The highest BCUT2D eigenvalue weighted by molar-refractivity contribution is 5.13. The predicted octanol–water partition coefficient (Wildman–Crippen LogP) is 1.02. The normalized spacial score (nSPS) is 12.9. The Bertz CT molecular complexity index is 328. The van der Waals surface area contributed by atoms with Crippen molar-refractivity contribution in [3.05, 3.63) is 33.7 Å². The first-order chi connectivity index (χ1) is 6.06. The third kappa shape index (κ3) is 1.98. The van der Waals surface area contributed by atoms with Crippen LogP contribution in [0.4, 0.5) is 0 Å². The van der Waals surface area contributed by atoms with Gasteiger partial charge in [-0.05, 0) is 20.8 Å². The van der Waals surface area contributed by atoms with E-state index in [1.807, 2.05) is 25.3 Å². The van der Waals surface area contributed by atoms with E-state index in [-0.39, 0.29) is 18.1 Å². The van der Waals surface area contributed by atoms with Crippen LogP contribution >= 0.6 is 0 Å². The van der Waals surface area contributed by atoms with E-state index < -0.39 is 0 Å². The molecule has 3 heteroatoms. The van der Waals surface area contributed by atoms with Crippen molar-refractivity contribution in [1.29, 1.82) is 0 Å². The number of pyridine rings is 1. The summed E-state index contributed by atoms with van der Waals surface area (Å²) in [5, 5.41) is 9.01. The van der Waals surface area contributed by atoms with Crippen LogP contribution in [0.2, 0.25) is 0 Å². The van der Waals surface area contributed by atoms with Crippen molar-refractivity contribution in [3.63, 3.8) is 0 Å². The Balaban J connectivity index is 3.28. The first kappa shape index (κ1) is 9.99. The van der Waals surface area contributed by atoms with Crippen LogP contribution in [-0.2, 0) is 0 Å². The molecule has 1 rings (SSSR count). The van der Waals surface area contributed by atoms with E-state index in [2.05, 4.69) is 0 Å². The molecule has 0 saturated heterocycles. The number of aliphatic hydroxyl groups is 1. The number of aliphatic hydroxyl groups excluding tert-OH is 1. The molecule has 0 aromatic carbocycles. The predicted molar refractivity (Wildman–Crippen MR) is 52.0 cm³/mol. The molecule has 0 amide bonds. The van der Waals surface area contributed by atoms with E-state index in [1.54, 1.807) is 12.1 Å². The van der Waals surface area contributed by atoms with Crippen LogP contribution in [0.1, 0.15) is 24.4 Å². The zero-order chi connectivity index (χ0) is 10.0. The summed E-state index contributed by atoms with van der Waals surface area (Å²) < 4.78 is 1.96. The summed E-state index contributed by atoms with van der Waals surface area (Å²) in [7, 11) is 0. The Kier molecular flexibility index (Phi) is 2.88. The van der Waals surface area contributed by atoms with Gasteiger partial charge in [0.1, 0.15) is 0 Å². The lowest BCUT2D eigenvalue weighted by Gasteiger charge is -2.19. The number of nitrogens with zero attached hydrogens (tertiary/aromatic N) is 1. The van der Waals surface area contributed by atoms with Gasteiger partial charge in [0, 0.05) is 23.5 Å². The lowest BCUT2D eigenvalue weighted by atomic mass is 10.2. The monoisotopic (exact) mass is 181 g/mol. The minimum absolute atomic E-state index is 0.0244. The molecule has 1 atom stereocenters. The van der Waals surface area contributed by atoms with Gasteiger partial charge in [-0.25, -0.2) is 0 Å². The smallest absolute Gasteiger partial charge is 0.182 e. The highest BCUT2D eigenvalue weighted by atomic mass is 16.3. The van der Waals surface area contributed by atoms with E-state index in [0.717, 1.165) is 11.4 Å². The van der Waals surface area contributed by atoms with Crippen molar-refractivity contribution in [2.75, 3.05) is 6.61 Å². The van der Waals surface area contributed by atoms with Gasteiger partial charge in [-0.2, -0.15) is 0 Å². The molecule has 1 N–H and O–H groups in total. The zero-order valence-corrected chi connectivity index (χ0v) is 8.24. The molecular weight excluding hydrogens is 166 g/mol. The quantitative estimate of drug-likeness (QED) is 0.740. The number of hydrogen-bond donors (Lipinski definition) is 1. The van der Waals surface area contributed by atoms with Crippen LogP contribution in [0.5, 0.6) is 0 Å². The van der Waals surface area contributed by atoms with Gasteiger partial charge in [0.25, 0.3) is 0 Å². The topological polar surface area (TPSA) is 42.2 Å². The van der Waals surface area contributed by atoms with E-state index in [9.17, 15) is 4.79 Å². The van der Waals surface area contributed by atoms with Crippen molar-refractivity contribution in [2.24, 2.45) is 0 Å². The first-order valence-corrected chi connectivity index (χ1v) is 4.37. The largest absolute Gasteiger partial charge is 0.394 e. The van der Waals surface area contributed by atoms with Crippen LogP contribution in [0.25, 0.3) is 0 Å². The van der Waals surface area contributed by atoms with E-state index >= 15 is 0 Å². The molecule has 0 fully saturated rings. The minimum atomic E-state index is 0.0244. The molecule has 72 valence electrons. The van der Waals surface area contributed by atoms with Crippen LogP contribution in [-0.4, -0.2) is 16.3 Å². The zero-order valence-electron chi connectivity index (χ0n) is 8.24. The molecule has 0 bridgehead atoms. The number of aryl methyl sites for hydroxylation is 2. The summed E-state index contributed by atoms with van der Waals surface area (Å²) in [6.45, 7) is 5.76. The van der Waals surface area contributed by atoms with E-state index in [4.69, 9.17) is 5.11 Å². The highest BCUT2D eigenvalue weighted by Crippen LogP contribution is 2.10. The Morgan fingerprint density at radius 1 is 1.38 bits per heavy atom. The molecule has 0 spiro atoms. The highest BCUT2D eigenvalue weighted by Gasteiger charge is 2.07. The molecule has 0 aliphatic carbocycles. The van der Waals surface area contributed by atoms with Crippen LogP contribution in [0.15, 0.2) is 16.9 Å². The summed E-state index contributed by atoms with van der Waals surface area (Å²) >= 11 is 0. The fourth-order valence-electron chi connectivity index (χ4n) is 1.65. The second-order valence-electron chi connectivity index (χ2n) is 3.38.